The van der Waals surface area contributed by atoms with Crippen LogP contribution in [-0.4, -0.2) is 43.8 Å². The molecule has 2 aromatic rings. The van der Waals surface area contributed by atoms with E-state index in [0.29, 0.717) is 24.7 Å². The number of benzene rings is 2. The van der Waals surface area contributed by atoms with E-state index in [2.05, 4.69) is 5.32 Å². The first-order chi connectivity index (χ1) is 11.6. The number of rotatable bonds is 8. The van der Waals surface area contributed by atoms with E-state index in [1.54, 1.807) is 23.9 Å². The molecule has 128 valence electrons. The van der Waals surface area contributed by atoms with Gasteiger partial charge in [0.05, 0.1) is 6.54 Å². The van der Waals surface area contributed by atoms with Crippen molar-refractivity contribution in [2.24, 2.45) is 0 Å². The number of thioether (sulfide) groups is 1. The number of amides is 1. The minimum Gasteiger partial charge on any atom is -0.492 e. The number of nitrogens with one attached hydrogen (secondary N) is 1. The highest BCUT2D eigenvalue weighted by atomic mass is 35.5. The highest BCUT2D eigenvalue weighted by Gasteiger charge is 2.07. The van der Waals surface area contributed by atoms with E-state index in [1.807, 2.05) is 54.6 Å². The molecule has 2 rings (SSSR count). The van der Waals surface area contributed by atoms with Gasteiger partial charge in [-0.15, -0.1) is 11.8 Å². The van der Waals surface area contributed by atoms with Gasteiger partial charge in [0.15, 0.2) is 0 Å². The molecular weight excluding hydrogens is 344 g/mol. The highest BCUT2D eigenvalue weighted by molar-refractivity contribution is 7.98. The molecule has 0 unspecified atom stereocenters. The van der Waals surface area contributed by atoms with Gasteiger partial charge in [-0.1, -0.05) is 23.7 Å². The number of carbonyl (C=O) groups is 1. The third-order valence-corrected chi connectivity index (χ3v) is 4.27. The fourth-order valence-corrected chi connectivity index (χ4v) is 2.74. The summed E-state index contributed by atoms with van der Waals surface area (Å²) in [5.41, 5.74) is 0.815. The van der Waals surface area contributed by atoms with Crippen molar-refractivity contribution in [1.82, 2.24) is 4.90 Å². The van der Waals surface area contributed by atoms with Crippen LogP contribution in [0.5, 0.6) is 5.75 Å². The number of ether oxygens (including phenoxy) is 1. The van der Waals surface area contributed by atoms with Crippen LogP contribution >= 0.6 is 23.4 Å². The summed E-state index contributed by atoms with van der Waals surface area (Å²) in [4.78, 5) is 15.1. The van der Waals surface area contributed by atoms with Crippen LogP contribution in [0.25, 0.3) is 0 Å². The number of nitrogens with zero attached hydrogens (tertiary/aromatic N) is 1. The third-order valence-electron chi connectivity index (χ3n) is 3.30. The Morgan fingerprint density at radius 3 is 2.79 bits per heavy atom. The molecule has 0 bridgehead atoms. The van der Waals surface area contributed by atoms with Crippen molar-refractivity contribution in [2.45, 2.75) is 4.90 Å². The zero-order valence-electron chi connectivity index (χ0n) is 13.8. The number of hydrogen-bond acceptors (Lipinski definition) is 4. The molecule has 1 N–H and O–H groups in total. The van der Waals surface area contributed by atoms with Crippen molar-refractivity contribution in [3.63, 3.8) is 0 Å². The standard InChI is InChI=1S/C18H21ClN2O2S/c1-21(9-10-23-16-7-3-5-14(19)11-16)13-18(22)20-15-6-4-8-17(12-15)24-2/h3-8,11-12H,9-10,13H2,1-2H3,(H,20,22). The lowest BCUT2D eigenvalue weighted by Crippen LogP contribution is -2.33. The molecule has 6 heteroatoms. The van der Waals surface area contributed by atoms with Gasteiger partial charge in [-0.25, -0.2) is 0 Å². The number of halogens is 1. The van der Waals surface area contributed by atoms with Crippen molar-refractivity contribution < 1.29 is 9.53 Å². The molecular formula is C18H21ClN2O2S. The zero-order valence-corrected chi connectivity index (χ0v) is 15.4. The largest absolute Gasteiger partial charge is 0.492 e. The van der Waals surface area contributed by atoms with Crippen LogP contribution in [0, 0.1) is 0 Å². The minimum absolute atomic E-state index is 0.0430. The maximum atomic E-state index is 12.1. The highest BCUT2D eigenvalue weighted by Crippen LogP contribution is 2.19. The Labute approximate surface area is 152 Å². The van der Waals surface area contributed by atoms with Gasteiger partial charge in [0.25, 0.3) is 0 Å². The van der Waals surface area contributed by atoms with Crippen molar-refractivity contribution >= 4 is 35.0 Å². The maximum Gasteiger partial charge on any atom is 0.238 e. The van der Waals surface area contributed by atoms with Gasteiger partial charge in [0.2, 0.25) is 5.91 Å². The molecule has 0 fully saturated rings. The lowest BCUT2D eigenvalue weighted by Gasteiger charge is -2.17. The summed E-state index contributed by atoms with van der Waals surface area (Å²) >= 11 is 7.56. The van der Waals surface area contributed by atoms with Crippen molar-refractivity contribution in [3.8, 4) is 5.75 Å². The Hall–Kier alpha value is -1.69. The second kappa shape index (κ2) is 9.57. The molecule has 4 nitrogen and oxygen atoms in total. The fourth-order valence-electron chi connectivity index (χ4n) is 2.10. The lowest BCUT2D eigenvalue weighted by molar-refractivity contribution is -0.117. The average molecular weight is 365 g/mol. The molecule has 1 amide bonds. The average Bonchev–Trinajstić information content (AvgIpc) is 2.55. The van der Waals surface area contributed by atoms with Gasteiger partial charge >= 0.3 is 0 Å². The minimum atomic E-state index is -0.0430. The van der Waals surface area contributed by atoms with E-state index < -0.39 is 0 Å². The van der Waals surface area contributed by atoms with Crippen LogP contribution in [0.2, 0.25) is 5.02 Å². The first kappa shape index (κ1) is 18.6. The van der Waals surface area contributed by atoms with Crippen LogP contribution in [0.4, 0.5) is 5.69 Å². The Bertz CT molecular complexity index is 682. The third kappa shape index (κ3) is 6.43. The van der Waals surface area contributed by atoms with E-state index in [9.17, 15) is 4.79 Å². The van der Waals surface area contributed by atoms with E-state index in [-0.39, 0.29) is 5.91 Å². The van der Waals surface area contributed by atoms with E-state index in [0.717, 1.165) is 16.3 Å². The summed E-state index contributed by atoms with van der Waals surface area (Å²) in [6.07, 6.45) is 2.01. The quantitative estimate of drug-likeness (QED) is 0.718. The van der Waals surface area contributed by atoms with Crippen LogP contribution in [0.15, 0.2) is 53.4 Å². The predicted molar refractivity (Wildman–Crippen MR) is 101 cm³/mol. The first-order valence-electron chi connectivity index (χ1n) is 7.57. The van der Waals surface area contributed by atoms with Gasteiger partial charge in [-0.05, 0) is 49.7 Å². The van der Waals surface area contributed by atoms with Crippen molar-refractivity contribution in [1.29, 1.82) is 0 Å². The summed E-state index contributed by atoms with van der Waals surface area (Å²) < 4.78 is 5.63. The maximum absolute atomic E-state index is 12.1. The Morgan fingerprint density at radius 1 is 1.25 bits per heavy atom. The molecule has 0 aromatic heterocycles. The fraction of sp³-hybridized carbons (Fsp3) is 0.278. The molecule has 0 aliphatic heterocycles. The van der Waals surface area contributed by atoms with E-state index >= 15 is 0 Å². The smallest absolute Gasteiger partial charge is 0.238 e. The van der Waals surface area contributed by atoms with Crippen molar-refractivity contribution in [2.75, 3.05) is 38.3 Å². The van der Waals surface area contributed by atoms with Crippen LogP contribution in [0.1, 0.15) is 0 Å². The van der Waals surface area contributed by atoms with Gasteiger partial charge in [0.1, 0.15) is 12.4 Å². The molecule has 0 saturated carbocycles. The molecule has 0 radical (unpaired) electrons. The Balaban J connectivity index is 1.73. The van der Waals surface area contributed by atoms with Crippen LogP contribution in [0.3, 0.4) is 0 Å². The summed E-state index contributed by atoms with van der Waals surface area (Å²) in [6, 6.07) is 15.1. The summed E-state index contributed by atoms with van der Waals surface area (Å²) in [6.45, 7) is 1.44. The first-order valence-corrected chi connectivity index (χ1v) is 9.18. The monoisotopic (exact) mass is 364 g/mol. The van der Waals surface area contributed by atoms with Crippen molar-refractivity contribution in [3.05, 3.63) is 53.6 Å². The van der Waals surface area contributed by atoms with E-state index in [1.165, 1.54) is 0 Å². The van der Waals surface area contributed by atoms with Gasteiger partial charge in [-0.2, -0.15) is 0 Å². The normalized spacial score (nSPS) is 10.7. The second-order valence-corrected chi connectivity index (χ2v) is 6.64. The number of hydrogen-bond donors (Lipinski definition) is 1. The molecule has 0 aliphatic rings. The molecule has 0 atom stereocenters. The van der Waals surface area contributed by atoms with Crippen LogP contribution in [-0.2, 0) is 4.79 Å². The Morgan fingerprint density at radius 2 is 2.04 bits per heavy atom. The molecule has 0 aliphatic carbocycles. The number of likely N-dealkylation sites (N-methyl/N-ethyl adjacent to an activating group) is 1. The SMILES string of the molecule is CSc1cccc(NC(=O)CN(C)CCOc2cccc(Cl)c2)c1. The summed E-state index contributed by atoms with van der Waals surface area (Å²) in [5.74, 6) is 0.688. The van der Waals surface area contributed by atoms with E-state index in [4.69, 9.17) is 16.3 Å². The lowest BCUT2D eigenvalue weighted by atomic mass is 10.3. The van der Waals surface area contributed by atoms with Gasteiger partial charge in [-0.3, -0.25) is 9.69 Å². The zero-order chi connectivity index (χ0) is 17.4. The predicted octanol–water partition coefficient (Wildman–Crippen LogP) is 4.01. The number of carbonyl (C=O) groups excluding carboxylic acids is 1. The summed E-state index contributed by atoms with van der Waals surface area (Å²) in [5, 5.41) is 3.56. The topological polar surface area (TPSA) is 41.6 Å². The molecule has 0 saturated heterocycles. The Kier molecular flexibility index (Phi) is 7.43. The molecule has 0 spiro atoms. The number of anilines is 1. The van der Waals surface area contributed by atoms with Gasteiger partial charge < -0.3 is 10.1 Å². The molecule has 2 aromatic carbocycles. The molecule has 0 heterocycles. The summed E-state index contributed by atoms with van der Waals surface area (Å²) in [7, 11) is 1.89. The van der Waals surface area contributed by atoms with Crippen LogP contribution < -0.4 is 10.1 Å². The second-order valence-electron chi connectivity index (χ2n) is 5.32. The molecule has 24 heavy (non-hydrogen) atoms. The van der Waals surface area contributed by atoms with Gasteiger partial charge in [0, 0.05) is 22.2 Å².